The smallest absolute Gasteiger partial charge is 0.335 e. The van der Waals surface area contributed by atoms with Crippen molar-refractivity contribution in [2.24, 2.45) is 0 Å². The molecule has 0 N–H and O–H groups in total. The Hall–Kier alpha value is -4.98. The lowest BCUT2D eigenvalue weighted by molar-refractivity contribution is -0.133. The third-order valence-electron chi connectivity index (χ3n) is 4.61. The van der Waals surface area contributed by atoms with Crippen LogP contribution in [0.3, 0.4) is 0 Å². The van der Waals surface area contributed by atoms with E-state index in [2.05, 4.69) is 22.6 Å². The van der Waals surface area contributed by atoms with Crippen LogP contribution in [-0.2, 0) is 19.1 Å². The van der Waals surface area contributed by atoms with Gasteiger partial charge in [-0.25, -0.2) is 18.4 Å². The molecule has 0 radical (unpaired) electrons. The van der Waals surface area contributed by atoms with Crippen molar-refractivity contribution in [3.8, 4) is 33.8 Å². The van der Waals surface area contributed by atoms with E-state index >= 15 is 0 Å². The van der Waals surface area contributed by atoms with Gasteiger partial charge in [0.05, 0.1) is 0 Å². The molecule has 0 spiro atoms. The molecule has 0 aromatic heterocycles. The predicted octanol–water partition coefficient (Wildman–Crippen LogP) is 6.46. The Morgan fingerprint density at radius 1 is 0.639 bits per heavy atom. The van der Waals surface area contributed by atoms with E-state index in [1.165, 1.54) is 24.5 Å². The molecule has 8 heteroatoms. The molecule has 182 valence electrons. The first-order valence-corrected chi connectivity index (χ1v) is 10.4. The Kier molecular flexibility index (Phi) is 8.88. The van der Waals surface area contributed by atoms with E-state index in [-0.39, 0.29) is 5.75 Å². The minimum Gasteiger partial charge on any atom is -0.462 e. The molecule has 0 heterocycles. The molecule has 0 aliphatic carbocycles. The molecule has 36 heavy (non-hydrogen) atoms. The van der Waals surface area contributed by atoms with Gasteiger partial charge in [0.1, 0.15) is 36.6 Å². The lowest BCUT2D eigenvalue weighted by Crippen LogP contribution is -1.94. The maximum absolute atomic E-state index is 14.9. The predicted molar refractivity (Wildman–Crippen MR) is 129 cm³/mol. The molecule has 0 aliphatic heterocycles. The van der Waals surface area contributed by atoms with Crippen molar-refractivity contribution in [3.05, 3.63) is 123 Å². The Bertz CT molecular complexity index is 1330. The van der Waals surface area contributed by atoms with E-state index < -0.39 is 23.6 Å². The fourth-order valence-corrected chi connectivity index (χ4v) is 2.91. The SMILES string of the molecule is C=CC(=O)O/C=C\Oc1ccc(-c2ccc(-c3ccc(O/C=C\OC(=O)C=C)c(F)c3)cc2F)cc1. The van der Waals surface area contributed by atoms with Crippen LogP contribution in [0, 0.1) is 11.6 Å². The maximum atomic E-state index is 14.9. The van der Waals surface area contributed by atoms with E-state index in [4.69, 9.17) is 9.47 Å². The Morgan fingerprint density at radius 2 is 1.17 bits per heavy atom. The van der Waals surface area contributed by atoms with Crippen molar-refractivity contribution in [1.29, 1.82) is 0 Å². The highest BCUT2D eigenvalue weighted by molar-refractivity contribution is 5.82. The molecule has 0 atom stereocenters. The van der Waals surface area contributed by atoms with Crippen LogP contribution in [-0.4, -0.2) is 11.9 Å². The summed E-state index contributed by atoms with van der Waals surface area (Å²) in [6.07, 6.45) is 6.23. The topological polar surface area (TPSA) is 71.1 Å². The van der Waals surface area contributed by atoms with Crippen LogP contribution in [0.2, 0.25) is 0 Å². The molecule has 0 unspecified atom stereocenters. The van der Waals surface area contributed by atoms with Gasteiger partial charge in [-0.2, -0.15) is 0 Å². The largest absolute Gasteiger partial charge is 0.462 e. The Labute approximate surface area is 206 Å². The van der Waals surface area contributed by atoms with Gasteiger partial charge in [-0.15, -0.1) is 0 Å². The van der Waals surface area contributed by atoms with E-state index in [9.17, 15) is 18.4 Å². The van der Waals surface area contributed by atoms with Crippen molar-refractivity contribution in [1.82, 2.24) is 0 Å². The highest BCUT2D eigenvalue weighted by Crippen LogP contribution is 2.31. The fourth-order valence-electron chi connectivity index (χ4n) is 2.91. The number of esters is 2. The summed E-state index contributed by atoms with van der Waals surface area (Å²) in [5.41, 5.74) is 1.86. The minimum absolute atomic E-state index is 0.0993. The molecule has 3 rings (SSSR count). The van der Waals surface area contributed by atoms with Crippen LogP contribution in [0.5, 0.6) is 11.5 Å². The van der Waals surface area contributed by atoms with Crippen molar-refractivity contribution >= 4 is 11.9 Å². The van der Waals surface area contributed by atoms with Gasteiger partial charge in [0, 0.05) is 17.7 Å². The summed E-state index contributed by atoms with van der Waals surface area (Å²) >= 11 is 0. The van der Waals surface area contributed by atoms with Gasteiger partial charge in [0.2, 0.25) is 0 Å². The molecule has 3 aromatic rings. The lowest BCUT2D eigenvalue weighted by Gasteiger charge is -2.09. The number of rotatable bonds is 10. The summed E-state index contributed by atoms with van der Waals surface area (Å²) in [6.45, 7) is 6.52. The zero-order valence-electron chi connectivity index (χ0n) is 18.9. The quantitative estimate of drug-likeness (QED) is 0.185. The second kappa shape index (κ2) is 12.5. The molecule has 0 saturated carbocycles. The van der Waals surface area contributed by atoms with Gasteiger partial charge in [-0.05, 0) is 47.0 Å². The number of halogens is 2. The highest BCUT2D eigenvalue weighted by atomic mass is 19.1. The average molecular weight is 490 g/mol. The average Bonchev–Trinajstić information content (AvgIpc) is 2.89. The third kappa shape index (κ3) is 7.01. The second-order valence-corrected chi connectivity index (χ2v) is 6.93. The molecule has 6 nitrogen and oxygen atoms in total. The number of benzene rings is 3. The Morgan fingerprint density at radius 3 is 1.72 bits per heavy atom. The second-order valence-electron chi connectivity index (χ2n) is 6.93. The number of hydrogen-bond donors (Lipinski definition) is 0. The Balaban J connectivity index is 1.67. The van der Waals surface area contributed by atoms with E-state index in [1.807, 2.05) is 0 Å². The van der Waals surface area contributed by atoms with Crippen LogP contribution in [0.15, 0.2) is 111 Å². The first-order valence-electron chi connectivity index (χ1n) is 10.4. The monoisotopic (exact) mass is 490 g/mol. The van der Waals surface area contributed by atoms with E-state index in [0.29, 0.717) is 28.0 Å². The summed E-state index contributed by atoms with van der Waals surface area (Å²) in [5, 5.41) is 0. The van der Waals surface area contributed by atoms with Gasteiger partial charge in [0.25, 0.3) is 0 Å². The summed E-state index contributed by atoms with van der Waals surface area (Å²) < 4.78 is 48.9. The number of carbonyl (C=O) groups excluding carboxylic acids is 2. The standard InChI is InChI=1S/C28H20F2O6/c1-3-27(31)35-15-13-33-22-9-5-19(6-10-22)23-11-7-20(17-24(23)29)21-8-12-26(25(30)18-21)34-14-16-36-28(32)4-2/h3-18H,1-2H2/b15-13-,16-14-. The summed E-state index contributed by atoms with van der Waals surface area (Å²) in [5.74, 6) is -2.12. The van der Waals surface area contributed by atoms with Gasteiger partial charge in [-0.1, -0.05) is 43.5 Å². The van der Waals surface area contributed by atoms with E-state index in [0.717, 1.165) is 30.9 Å². The van der Waals surface area contributed by atoms with Crippen LogP contribution in [0.1, 0.15) is 0 Å². The zero-order valence-corrected chi connectivity index (χ0v) is 18.9. The van der Waals surface area contributed by atoms with Crippen molar-refractivity contribution in [3.63, 3.8) is 0 Å². The lowest BCUT2D eigenvalue weighted by atomic mass is 9.99. The number of ether oxygens (including phenoxy) is 4. The van der Waals surface area contributed by atoms with Crippen molar-refractivity contribution in [2.45, 2.75) is 0 Å². The number of hydrogen-bond acceptors (Lipinski definition) is 6. The van der Waals surface area contributed by atoms with Crippen LogP contribution < -0.4 is 9.47 Å². The molecule has 0 bridgehead atoms. The molecule has 0 aliphatic rings. The molecular formula is C28H20F2O6. The summed E-state index contributed by atoms with van der Waals surface area (Å²) in [7, 11) is 0. The molecule has 0 fully saturated rings. The highest BCUT2D eigenvalue weighted by Gasteiger charge is 2.10. The third-order valence-corrected chi connectivity index (χ3v) is 4.61. The van der Waals surface area contributed by atoms with Gasteiger partial charge >= 0.3 is 11.9 Å². The molecular weight excluding hydrogens is 470 g/mol. The summed E-state index contributed by atoms with van der Waals surface area (Å²) in [4.78, 5) is 21.9. The van der Waals surface area contributed by atoms with Gasteiger partial charge in [-0.3, -0.25) is 0 Å². The van der Waals surface area contributed by atoms with Crippen molar-refractivity contribution in [2.75, 3.05) is 0 Å². The first kappa shape index (κ1) is 25.6. The van der Waals surface area contributed by atoms with Crippen LogP contribution in [0.4, 0.5) is 8.78 Å². The van der Waals surface area contributed by atoms with Gasteiger partial charge < -0.3 is 18.9 Å². The van der Waals surface area contributed by atoms with Crippen molar-refractivity contribution < 1.29 is 37.3 Å². The maximum Gasteiger partial charge on any atom is 0.335 e. The zero-order chi connectivity index (χ0) is 25.9. The number of carbonyl (C=O) groups is 2. The first-order chi connectivity index (χ1) is 17.4. The van der Waals surface area contributed by atoms with Crippen LogP contribution >= 0.6 is 0 Å². The van der Waals surface area contributed by atoms with Crippen LogP contribution in [0.25, 0.3) is 22.3 Å². The van der Waals surface area contributed by atoms with E-state index in [1.54, 1.807) is 42.5 Å². The molecule has 0 saturated heterocycles. The molecule has 0 amide bonds. The van der Waals surface area contributed by atoms with Gasteiger partial charge in [0.15, 0.2) is 11.6 Å². The normalized spacial score (nSPS) is 10.7. The minimum atomic E-state index is -0.680. The summed E-state index contributed by atoms with van der Waals surface area (Å²) in [6, 6.07) is 15.3. The molecule has 3 aromatic carbocycles. The fraction of sp³-hybridized carbons (Fsp3) is 0.